The maximum Gasteiger partial charge on any atom is 0.265 e. The molecule has 0 radical (unpaired) electrons. The van der Waals surface area contributed by atoms with Crippen molar-refractivity contribution in [3.05, 3.63) is 83.4 Å². The zero-order chi connectivity index (χ0) is 24.2. The van der Waals surface area contributed by atoms with E-state index in [9.17, 15) is 4.79 Å². The lowest BCUT2D eigenvalue weighted by Crippen LogP contribution is -2.30. The van der Waals surface area contributed by atoms with Crippen molar-refractivity contribution in [3.63, 3.8) is 0 Å². The van der Waals surface area contributed by atoms with Gasteiger partial charge in [-0.1, -0.05) is 18.2 Å². The van der Waals surface area contributed by atoms with Gasteiger partial charge in [0, 0.05) is 17.4 Å². The number of anilines is 1. The second-order valence-corrected chi connectivity index (χ2v) is 8.01. The molecule has 0 aliphatic carbocycles. The lowest BCUT2D eigenvalue weighted by Gasteiger charge is -2.15. The predicted molar refractivity (Wildman–Crippen MR) is 130 cm³/mol. The van der Waals surface area contributed by atoms with Crippen molar-refractivity contribution in [2.75, 3.05) is 5.32 Å². The van der Waals surface area contributed by atoms with Gasteiger partial charge >= 0.3 is 0 Å². The summed E-state index contributed by atoms with van der Waals surface area (Å²) in [6, 6.07) is 18.1. The molecule has 2 aromatic carbocycles. The SMILES string of the molecule is Cc1nc(Oc2ccc(NC(=O)C(C)Oc3ccccc3)cc2)cc(-n2nc(C)c(C)c2C)n1. The average molecular weight is 458 g/mol. The number of amides is 1. The zero-order valence-electron chi connectivity index (χ0n) is 19.9. The summed E-state index contributed by atoms with van der Waals surface area (Å²) in [5.74, 6) is 2.62. The minimum absolute atomic E-state index is 0.242. The standard InChI is InChI=1S/C26H27N5O3/c1-16-17(2)30-31(18(16)3)24-15-25(28-20(5)27-24)34-23-13-11-21(12-14-23)29-26(32)19(4)33-22-9-7-6-8-10-22/h6-15,19H,1-5H3,(H,29,32). The number of nitrogens with zero attached hydrogens (tertiary/aromatic N) is 4. The molecule has 4 rings (SSSR count). The van der Waals surface area contributed by atoms with E-state index in [4.69, 9.17) is 9.47 Å². The third kappa shape index (κ3) is 5.23. The van der Waals surface area contributed by atoms with E-state index >= 15 is 0 Å². The first kappa shape index (κ1) is 23.0. The number of benzene rings is 2. The van der Waals surface area contributed by atoms with E-state index in [0.717, 1.165) is 17.0 Å². The van der Waals surface area contributed by atoms with Gasteiger partial charge in [0.25, 0.3) is 5.91 Å². The van der Waals surface area contributed by atoms with Crippen LogP contribution in [0.25, 0.3) is 5.82 Å². The number of hydrogen-bond donors (Lipinski definition) is 1. The Morgan fingerprint density at radius 1 is 0.941 bits per heavy atom. The molecule has 8 nitrogen and oxygen atoms in total. The van der Waals surface area contributed by atoms with Crippen molar-refractivity contribution in [3.8, 4) is 23.2 Å². The van der Waals surface area contributed by atoms with E-state index in [1.807, 2.05) is 58.0 Å². The normalized spacial score (nSPS) is 11.7. The highest BCUT2D eigenvalue weighted by Crippen LogP contribution is 2.24. The van der Waals surface area contributed by atoms with E-state index in [1.54, 1.807) is 41.9 Å². The van der Waals surface area contributed by atoms with E-state index in [-0.39, 0.29) is 5.91 Å². The van der Waals surface area contributed by atoms with Crippen molar-refractivity contribution in [2.45, 2.75) is 40.7 Å². The Morgan fingerprint density at radius 2 is 1.65 bits per heavy atom. The zero-order valence-corrected chi connectivity index (χ0v) is 19.9. The van der Waals surface area contributed by atoms with Gasteiger partial charge in [-0.25, -0.2) is 9.67 Å². The van der Waals surface area contributed by atoms with Gasteiger partial charge in [-0.3, -0.25) is 4.79 Å². The van der Waals surface area contributed by atoms with Crippen molar-refractivity contribution in [2.24, 2.45) is 0 Å². The number of para-hydroxylation sites is 1. The molecular weight excluding hydrogens is 430 g/mol. The molecule has 0 saturated heterocycles. The molecule has 0 spiro atoms. The number of nitrogens with one attached hydrogen (secondary N) is 1. The lowest BCUT2D eigenvalue weighted by atomic mass is 10.2. The molecule has 2 aromatic heterocycles. The van der Waals surface area contributed by atoms with Crippen molar-refractivity contribution in [1.82, 2.24) is 19.7 Å². The molecule has 0 aliphatic rings. The van der Waals surface area contributed by atoms with Gasteiger partial charge < -0.3 is 14.8 Å². The summed E-state index contributed by atoms with van der Waals surface area (Å²) in [6.07, 6.45) is -0.640. The molecule has 8 heteroatoms. The maximum atomic E-state index is 12.5. The van der Waals surface area contributed by atoms with Gasteiger partial charge in [0.05, 0.1) is 5.69 Å². The predicted octanol–water partition coefficient (Wildman–Crippen LogP) is 5.09. The number of aryl methyl sites for hydroxylation is 2. The first-order chi connectivity index (χ1) is 16.3. The van der Waals surface area contributed by atoms with E-state index < -0.39 is 6.10 Å². The topological polar surface area (TPSA) is 91.2 Å². The Bertz CT molecular complexity index is 1300. The first-order valence-corrected chi connectivity index (χ1v) is 11.0. The lowest BCUT2D eigenvalue weighted by molar-refractivity contribution is -0.122. The third-order valence-corrected chi connectivity index (χ3v) is 5.44. The fourth-order valence-corrected chi connectivity index (χ4v) is 3.36. The van der Waals surface area contributed by atoms with Gasteiger partial charge in [0.2, 0.25) is 5.88 Å². The molecule has 0 fully saturated rings. The molecule has 34 heavy (non-hydrogen) atoms. The summed E-state index contributed by atoms with van der Waals surface area (Å²) in [4.78, 5) is 21.4. The minimum Gasteiger partial charge on any atom is -0.481 e. The van der Waals surface area contributed by atoms with E-state index in [2.05, 4.69) is 20.4 Å². The largest absolute Gasteiger partial charge is 0.481 e. The molecule has 4 aromatic rings. The Kier molecular flexibility index (Phi) is 6.58. The van der Waals surface area contributed by atoms with Gasteiger partial charge in [-0.05, 0) is 76.6 Å². The van der Waals surface area contributed by atoms with Crippen LogP contribution in [0.2, 0.25) is 0 Å². The third-order valence-electron chi connectivity index (χ3n) is 5.44. The van der Waals surface area contributed by atoms with Crippen LogP contribution in [0.5, 0.6) is 17.4 Å². The van der Waals surface area contributed by atoms with E-state index in [1.165, 1.54) is 0 Å². The highest BCUT2D eigenvalue weighted by molar-refractivity contribution is 5.94. The van der Waals surface area contributed by atoms with Crippen LogP contribution in [-0.2, 0) is 4.79 Å². The molecule has 0 aliphatic heterocycles. The second kappa shape index (κ2) is 9.74. The van der Waals surface area contributed by atoms with Crippen LogP contribution in [0.1, 0.15) is 29.7 Å². The van der Waals surface area contributed by atoms with Crippen molar-refractivity contribution in [1.29, 1.82) is 0 Å². The van der Waals surface area contributed by atoms with E-state index in [0.29, 0.717) is 34.7 Å². The summed E-state index contributed by atoms with van der Waals surface area (Å²) in [5, 5.41) is 7.42. The Labute approximate surface area is 198 Å². The summed E-state index contributed by atoms with van der Waals surface area (Å²) in [6.45, 7) is 9.53. The quantitative estimate of drug-likeness (QED) is 0.415. The monoisotopic (exact) mass is 457 g/mol. The first-order valence-electron chi connectivity index (χ1n) is 11.0. The highest BCUT2D eigenvalue weighted by atomic mass is 16.5. The molecule has 0 bridgehead atoms. The molecule has 1 unspecified atom stereocenters. The molecule has 0 saturated carbocycles. The molecule has 2 heterocycles. The molecule has 174 valence electrons. The second-order valence-electron chi connectivity index (χ2n) is 8.01. The summed E-state index contributed by atoms with van der Waals surface area (Å²) < 4.78 is 13.4. The fourth-order valence-electron chi connectivity index (χ4n) is 3.36. The summed E-state index contributed by atoms with van der Waals surface area (Å²) in [5.41, 5.74) is 3.74. The molecule has 1 amide bonds. The van der Waals surface area contributed by atoms with Gasteiger partial charge in [-0.2, -0.15) is 10.1 Å². The smallest absolute Gasteiger partial charge is 0.265 e. The Morgan fingerprint density at radius 3 is 2.29 bits per heavy atom. The van der Waals surface area contributed by atoms with Crippen LogP contribution in [0.3, 0.4) is 0 Å². The van der Waals surface area contributed by atoms with Crippen LogP contribution in [0, 0.1) is 27.7 Å². The number of ether oxygens (including phenoxy) is 2. The molecule has 1 atom stereocenters. The maximum absolute atomic E-state index is 12.5. The van der Waals surface area contributed by atoms with Crippen LogP contribution >= 0.6 is 0 Å². The number of carbonyl (C=O) groups excluding carboxylic acids is 1. The molecule has 1 N–H and O–H groups in total. The van der Waals surface area contributed by atoms with Crippen molar-refractivity contribution >= 4 is 11.6 Å². The number of carbonyl (C=O) groups is 1. The van der Waals surface area contributed by atoms with Gasteiger partial charge in [0.15, 0.2) is 11.9 Å². The fraction of sp³-hybridized carbons (Fsp3) is 0.231. The Hall–Kier alpha value is -4.20. The highest BCUT2D eigenvalue weighted by Gasteiger charge is 2.15. The molecular formula is C26H27N5O3. The van der Waals surface area contributed by atoms with Crippen LogP contribution in [0.15, 0.2) is 60.7 Å². The Balaban J connectivity index is 1.43. The van der Waals surface area contributed by atoms with Crippen molar-refractivity contribution < 1.29 is 14.3 Å². The number of rotatable bonds is 7. The van der Waals surface area contributed by atoms with Gasteiger partial charge in [-0.15, -0.1) is 0 Å². The van der Waals surface area contributed by atoms with Crippen LogP contribution < -0.4 is 14.8 Å². The summed E-state index contributed by atoms with van der Waals surface area (Å²) in [7, 11) is 0. The average Bonchev–Trinajstić information content (AvgIpc) is 3.08. The summed E-state index contributed by atoms with van der Waals surface area (Å²) >= 11 is 0. The minimum atomic E-state index is -0.640. The van der Waals surface area contributed by atoms with Crippen LogP contribution in [0.4, 0.5) is 5.69 Å². The van der Waals surface area contributed by atoms with Gasteiger partial charge in [0.1, 0.15) is 17.3 Å². The number of aromatic nitrogens is 4. The number of hydrogen-bond acceptors (Lipinski definition) is 6. The van der Waals surface area contributed by atoms with Crippen LogP contribution in [-0.4, -0.2) is 31.8 Å².